The first-order valence-corrected chi connectivity index (χ1v) is 8.38. The van der Waals surface area contributed by atoms with Crippen LogP contribution in [0.15, 0.2) is 60.7 Å². The molecule has 1 atom stereocenters. The number of carbonyl (C=O) groups is 1. The molecule has 0 spiro atoms. The van der Waals surface area contributed by atoms with E-state index in [-0.39, 0.29) is 18.6 Å². The zero-order valence-electron chi connectivity index (χ0n) is 13.7. The summed E-state index contributed by atoms with van der Waals surface area (Å²) in [4.78, 5) is 12.9. The lowest BCUT2D eigenvalue weighted by molar-refractivity contribution is -0.140. The van der Waals surface area contributed by atoms with Crippen LogP contribution in [0.3, 0.4) is 0 Å². The molecule has 0 saturated carbocycles. The third-order valence-corrected chi connectivity index (χ3v) is 4.48. The van der Waals surface area contributed by atoms with Gasteiger partial charge in [0.1, 0.15) is 0 Å². The molecule has 24 heavy (non-hydrogen) atoms. The van der Waals surface area contributed by atoms with Crippen LogP contribution in [0.1, 0.15) is 23.5 Å². The summed E-state index contributed by atoms with van der Waals surface area (Å²) in [6, 6.07) is 20.9. The average molecular weight is 325 g/mol. The quantitative estimate of drug-likeness (QED) is 0.887. The van der Waals surface area contributed by atoms with E-state index in [2.05, 4.69) is 48.5 Å². The molecule has 2 aromatic carbocycles. The van der Waals surface area contributed by atoms with E-state index in [0.717, 1.165) is 6.42 Å². The molecule has 4 nitrogen and oxygen atoms in total. The number of benzene rings is 2. The SMILES string of the molecule is O=C(O)CN1CCO[C@@H](CC(c2ccccc2)c2ccccc2)C1. The van der Waals surface area contributed by atoms with Gasteiger partial charge >= 0.3 is 5.97 Å². The zero-order chi connectivity index (χ0) is 16.8. The summed E-state index contributed by atoms with van der Waals surface area (Å²) in [5.74, 6) is -0.527. The van der Waals surface area contributed by atoms with Gasteiger partial charge in [-0.1, -0.05) is 60.7 Å². The van der Waals surface area contributed by atoms with E-state index in [1.165, 1.54) is 11.1 Å². The van der Waals surface area contributed by atoms with Gasteiger partial charge in [-0.15, -0.1) is 0 Å². The van der Waals surface area contributed by atoms with E-state index in [9.17, 15) is 4.79 Å². The molecule has 0 unspecified atom stereocenters. The molecule has 1 heterocycles. The molecule has 126 valence electrons. The van der Waals surface area contributed by atoms with Crippen molar-refractivity contribution in [1.82, 2.24) is 4.90 Å². The lowest BCUT2D eigenvalue weighted by atomic mass is 9.86. The van der Waals surface area contributed by atoms with Gasteiger partial charge < -0.3 is 9.84 Å². The first kappa shape index (κ1) is 16.7. The maximum Gasteiger partial charge on any atom is 0.317 e. The van der Waals surface area contributed by atoms with Gasteiger partial charge in [0.05, 0.1) is 19.3 Å². The maximum atomic E-state index is 11.0. The van der Waals surface area contributed by atoms with Crippen molar-refractivity contribution in [2.45, 2.75) is 18.4 Å². The van der Waals surface area contributed by atoms with Crippen molar-refractivity contribution in [3.05, 3.63) is 71.8 Å². The Morgan fingerprint density at radius 1 is 1.08 bits per heavy atom. The van der Waals surface area contributed by atoms with Crippen LogP contribution in [-0.4, -0.2) is 48.3 Å². The van der Waals surface area contributed by atoms with Gasteiger partial charge in [0.25, 0.3) is 0 Å². The summed E-state index contributed by atoms with van der Waals surface area (Å²) in [6.45, 7) is 2.03. The van der Waals surface area contributed by atoms with E-state index in [1.54, 1.807) is 0 Å². The molecular weight excluding hydrogens is 302 g/mol. The summed E-state index contributed by atoms with van der Waals surface area (Å²) < 4.78 is 5.93. The average Bonchev–Trinajstić information content (AvgIpc) is 2.61. The van der Waals surface area contributed by atoms with Crippen LogP contribution in [0, 0.1) is 0 Å². The Hall–Kier alpha value is -2.17. The van der Waals surface area contributed by atoms with E-state index in [4.69, 9.17) is 9.84 Å². The standard InChI is InChI=1S/C20H23NO3/c22-20(23)15-21-11-12-24-18(14-21)13-19(16-7-3-1-4-8-16)17-9-5-2-6-10-17/h1-10,18-19H,11-15H2,(H,22,23)/t18-/m0/s1. The summed E-state index contributed by atoms with van der Waals surface area (Å²) >= 11 is 0. The van der Waals surface area contributed by atoms with Crippen LogP contribution < -0.4 is 0 Å². The summed E-state index contributed by atoms with van der Waals surface area (Å²) in [5, 5.41) is 9.01. The Morgan fingerprint density at radius 3 is 2.21 bits per heavy atom. The zero-order valence-corrected chi connectivity index (χ0v) is 13.7. The second kappa shape index (κ2) is 8.08. The fraction of sp³-hybridized carbons (Fsp3) is 0.350. The van der Waals surface area contributed by atoms with Crippen molar-refractivity contribution in [1.29, 1.82) is 0 Å². The van der Waals surface area contributed by atoms with Crippen LogP contribution >= 0.6 is 0 Å². The number of carboxylic acids is 1. The number of morpholine rings is 1. The van der Waals surface area contributed by atoms with Gasteiger partial charge in [-0.05, 0) is 17.5 Å². The molecule has 0 radical (unpaired) electrons. The fourth-order valence-electron chi connectivity index (χ4n) is 3.36. The number of hydrogen-bond donors (Lipinski definition) is 1. The molecule has 2 aromatic rings. The number of carboxylic acid groups (broad SMARTS) is 1. The minimum Gasteiger partial charge on any atom is -0.480 e. The second-order valence-electron chi connectivity index (χ2n) is 6.23. The van der Waals surface area contributed by atoms with Crippen molar-refractivity contribution < 1.29 is 14.6 Å². The van der Waals surface area contributed by atoms with Crippen molar-refractivity contribution in [2.24, 2.45) is 0 Å². The van der Waals surface area contributed by atoms with Gasteiger partial charge in [-0.2, -0.15) is 0 Å². The molecular formula is C20H23NO3. The summed E-state index contributed by atoms with van der Waals surface area (Å²) in [5.41, 5.74) is 2.53. The largest absolute Gasteiger partial charge is 0.480 e. The molecule has 0 amide bonds. The number of ether oxygens (including phenoxy) is 1. The molecule has 0 aliphatic carbocycles. The molecule has 1 N–H and O–H groups in total. The molecule has 4 heteroatoms. The van der Waals surface area contributed by atoms with Crippen molar-refractivity contribution in [3.8, 4) is 0 Å². The lowest BCUT2D eigenvalue weighted by Crippen LogP contribution is -2.45. The fourth-order valence-corrected chi connectivity index (χ4v) is 3.36. The Bertz CT molecular complexity index is 605. The van der Waals surface area contributed by atoms with Crippen LogP contribution in [0.25, 0.3) is 0 Å². The normalized spacial score (nSPS) is 18.6. The third kappa shape index (κ3) is 4.43. The van der Waals surface area contributed by atoms with Crippen LogP contribution in [0.2, 0.25) is 0 Å². The van der Waals surface area contributed by atoms with Crippen molar-refractivity contribution in [2.75, 3.05) is 26.2 Å². The molecule has 1 fully saturated rings. The predicted molar refractivity (Wildman–Crippen MR) is 93.2 cm³/mol. The second-order valence-corrected chi connectivity index (χ2v) is 6.23. The van der Waals surface area contributed by atoms with Crippen molar-refractivity contribution >= 4 is 5.97 Å². The highest BCUT2D eigenvalue weighted by molar-refractivity contribution is 5.69. The molecule has 1 saturated heterocycles. The Labute approximate surface area is 142 Å². The molecule has 1 aliphatic rings. The monoisotopic (exact) mass is 325 g/mol. The van der Waals surface area contributed by atoms with Gasteiger partial charge in [0.2, 0.25) is 0 Å². The smallest absolute Gasteiger partial charge is 0.317 e. The highest BCUT2D eigenvalue weighted by Crippen LogP contribution is 2.30. The topological polar surface area (TPSA) is 49.8 Å². The van der Waals surface area contributed by atoms with Gasteiger partial charge in [-0.3, -0.25) is 9.69 Å². The molecule has 0 aromatic heterocycles. The van der Waals surface area contributed by atoms with Gasteiger partial charge in [0.15, 0.2) is 0 Å². The van der Waals surface area contributed by atoms with E-state index in [0.29, 0.717) is 19.7 Å². The van der Waals surface area contributed by atoms with Crippen molar-refractivity contribution in [3.63, 3.8) is 0 Å². The van der Waals surface area contributed by atoms with Crippen LogP contribution in [0.4, 0.5) is 0 Å². The first-order valence-electron chi connectivity index (χ1n) is 8.38. The maximum absolute atomic E-state index is 11.0. The molecule has 3 rings (SSSR count). The van der Waals surface area contributed by atoms with Gasteiger partial charge in [0, 0.05) is 19.0 Å². The summed E-state index contributed by atoms with van der Waals surface area (Å²) in [7, 11) is 0. The third-order valence-electron chi connectivity index (χ3n) is 4.48. The minimum absolute atomic E-state index is 0.0449. The Morgan fingerprint density at radius 2 is 1.67 bits per heavy atom. The highest BCUT2D eigenvalue weighted by Gasteiger charge is 2.26. The Kier molecular flexibility index (Phi) is 5.62. The summed E-state index contributed by atoms with van der Waals surface area (Å²) in [6.07, 6.45) is 0.896. The van der Waals surface area contributed by atoms with Crippen LogP contribution in [-0.2, 0) is 9.53 Å². The minimum atomic E-state index is -0.779. The predicted octanol–water partition coefficient (Wildman–Crippen LogP) is 2.99. The highest BCUT2D eigenvalue weighted by atomic mass is 16.5. The number of nitrogens with zero attached hydrogens (tertiary/aromatic N) is 1. The van der Waals surface area contributed by atoms with E-state index in [1.807, 2.05) is 17.0 Å². The number of aliphatic carboxylic acids is 1. The first-order chi connectivity index (χ1) is 11.7. The van der Waals surface area contributed by atoms with E-state index < -0.39 is 5.97 Å². The number of rotatable bonds is 6. The lowest BCUT2D eigenvalue weighted by Gasteiger charge is -2.34. The van der Waals surface area contributed by atoms with Gasteiger partial charge in [-0.25, -0.2) is 0 Å². The molecule has 1 aliphatic heterocycles. The molecule has 0 bridgehead atoms. The Balaban J connectivity index is 1.76. The van der Waals surface area contributed by atoms with Crippen LogP contribution in [0.5, 0.6) is 0 Å². The number of hydrogen-bond acceptors (Lipinski definition) is 3. The van der Waals surface area contributed by atoms with E-state index >= 15 is 0 Å².